The summed E-state index contributed by atoms with van der Waals surface area (Å²) in [5.74, 6) is -0.517. The van der Waals surface area contributed by atoms with Crippen LogP contribution in [0.1, 0.15) is 37.9 Å². The van der Waals surface area contributed by atoms with Crippen LogP contribution >= 0.6 is 0 Å². The predicted molar refractivity (Wildman–Crippen MR) is 98.6 cm³/mol. The van der Waals surface area contributed by atoms with E-state index in [-0.39, 0.29) is 0 Å². The van der Waals surface area contributed by atoms with Gasteiger partial charge in [0.25, 0.3) is 5.91 Å². The Balaban J connectivity index is 2.49. The van der Waals surface area contributed by atoms with Crippen molar-refractivity contribution >= 4 is 17.7 Å². The van der Waals surface area contributed by atoms with Gasteiger partial charge in [0, 0.05) is 5.54 Å². The normalized spacial score (nSPS) is 11.9. The van der Waals surface area contributed by atoms with Crippen LogP contribution in [0, 0.1) is 11.3 Å². The summed E-state index contributed by atoms with van der Waals surface area (Å²) >= 11 is 0. The summed E-state index contributed by atoms with van der Waals surface area (Å²) in [4.78, 5) is 26.1. The van der Waals surface area contributed by atoms with E-state index in [1.807, 2.05) is 6.07 Å². The van der Waals surface area contributed by atoms with Gasteiger partial charge in [-0.3, -0.25) is 9.69 Å². The van der Waals surface area contributed by atoms with E-state index in [0.717, 1.165) is 4.90 Å². The second-order valence-electron chi connectivity index (χ2n) is 6.78. The van der Waals surface area contributed by atoms with Crippen molar-refractivity contribution in [3.63, 3.8) is 0 Å². The molecule has 0 aromatic heterocycles. The average Bonchev–Trinajstić information content (AvgIpc) is 2.59. The largest absolute Gasteiger partial charge is 0.465 e. The third kappa shape index (κ3) is 4.19. The van der Waals surface area contributed by atoms with Gasteiger partial charge in [-0.15, -0.1) is 0 Å². The van der Waals surface area contributed by atoms with Crippen molar-refractivity contribution in [3.05, 3.63) is 65.7 Å². The molecule has 6 heteroatoms. The molecule has 0 radical (unpaired) electrons. The Bertz CT molecular complexity index is 835. The van der Waals surface area contributed by atoms with Crippen molar-refractivity contribution < 1.29 is 14.7 Å². The first-order valence-corrected chi connectivity index (χ1v) is 8.13. The topological polar surface area (TPSA) is 93.4 Å². The van der Waals surface area contributed by atoms with Gasteiger partial charge in [-0.1, -0.05) is 42.5 Å². The standard InChI is InChI=1S/C20H21N3O3/c1-20(2,3)23(19(25)26)17(14-9-5-4-6-10-14)18(24)22-16-12-8-7-11-15(16)13-21/h4-12,17H,1-3H3,(H,22,24)(H,25,26). The lowest BCUT2D eigenvalue weighted by Crippen LogP contribution is -2.50. The van der Waals surface area contributed by atoms with Crippen LogP contribution in [0.5, 0.6) is 0 Å². The van der Waals surface area contributed by atoms with Crippen LogP contribution in [0.3, 0.4) is 0 Å². The molecule has 0 saturated carbocycles. The Morgan fingerprint density at radius 3 is 2.19 bits per heavy atom. The molecule has 0 aliphatic carbocycles. The number of amides is 2. The maximum atomic E-state index is 13.0. The molecule has 2 N–H and O–H groups in total. The number of carboxylic acid groups (broad SMARTS) is 1. The van der Waals surface area contributed by atoms with Crippen molar-refractivity contribution in [3.8, 4) is 6.07 Å². The molecule has 0 heterocycles. The molecule has 1 atom stereocenters. The summed E-state index contributed by atoms with van der Waals surface area (Å²) in [6.45, 7) is 5.19. The molecule has 26 heavy (non-hydrogen) atoms. The minimum absolute atomic E-state index is 0.310. The average molecular weight is 351 g/mol. The van der Waals surface area contributed by atoms with E-state index in [1.54, 1.807) is 75.4 Å². The number of hydrogen-bond donors (Lipinski definition) is 2. The van der Waals surface area contributed by atoms with Gasteiger partial charge in [0.15, 0.2) is 0 Å². The first kappa shape index (κ1) is 19.0. The molecule has 2 rings (SSSR count). The van der Waals surface area contributed by atoms with Crippen molar-refractivity contribution in [1.29, 1.82) is 5.26 Å². The number of nitrogens with one attached hydrogen (secondary N) is 1. The lowest BCUT2D eigenvalue weighted by Gasteiger charge is -2.39. The van der Waals surface area contributed by atoms with Crippen molar-refractivity contribution in [2.24, 2.45) is 0 Å². The Kier molecular flexibility index (Phi) is 5.63. The van der Waals surface area contributed by atoms with E-state index in [9.17, 15) is 20.0 Å². The van der Waals surface area contributed by atoms with Gasteiger partial charge in [-0.2, -0.15) is 5.26 Å². The molecule has 0 bridgehead atoms. The van der Waals surface area contributed by atoms with Crippen LogP contribution in [0.4, 0.5) is 10.5 Å². The summed E-state index contributed by atoms with van der Waals surface area (Å²) in [6, 6.07) is 16.3. The minimum Gasteiger partial charge on any atom is -0.465 e. The van der Waals surface area contributed by atoms with Crippen molar-refractivity contribution in [2.75, 3.05) is 5.32 Å². The maximum absolute atomic E-state index is 13.0. The maximum Gasteiger partial charge on any atom is 0.408 e. The number of nitrogens with zero attached hydrogens (tertiary/aromatic N) is 2. The molecule has 1 unspecified atom stereocenters. The van der Waals surface area contributed by atoms with Gasteiger partial charge < -0.3 is 10.4 Å². The SMILES string of the molecule is CC(C)(C)N(C(=O)O)C(C(=O)Nc1ccccc1C#N)c1ccccc1. The summed E-state index contributed by atoms with van der Waals surface area (Å²) < 4.78 is 0. The smallest absolute Gasteiger partial charge is 0.408 e. The number of carbonyl (C=O) groups excluding carboxylic acids is 1. The van der Waals surface area contributed by atoms with Gasteiger partial charge in [0.05, 0.1) is 11.3 Å². The third-order valence-electron chi connectivity index (χ3n) is 3.86. The second kappa shape index (κ2) is 7.70. The van der Waals surface area contributed by atoms with E-state index >= 15 is 0 Å². The van der Waals surface area contributed by atoms with Gasteiger partial charge in [0.2, 0.25) is 0 Å². The molecule has 2 aromatic rings. The molecule has 2 amide bonds. The number of hydrogen-bond acceptors (Lipinski definition) is 3. The number of carbonyl (C=O) groups is 2. The van der Waals surface area contributed by atoms with Crippen LogP contribution in [0.25, 0.3) is 0 Å². The van der Waals surface area contributed by atoms with Crippen LogP contribution < -0.4 is 5.32 Å². The van der Waals surface area contributed by atoms with Crippen LogP contribution in [-0.2, 0) is 4.79 Å². The summed E-state index contributed by atoms with van der Waals surface area (Å²) in [5.41, 5.74) is 0.403. The zero-order valence-corrected chi connectivity index (χ0v) is 14.9. The van der Waals surface area contributed by atoms with E-state index < -0.39 is 23.6 Å². The lowest BCUT2D eigenvalue weighted by atomic mass is 9.97. The van der Waals surface area contributed by atoms with Gasteiger partial charge in [-0.25, -0.2) is 4.79 Å². The first-order valence-electron chi connectivity index (χ1n) is 8.13. The molecule has 0 spiro atoms. The predicted octanol–water partition coefficient (Wildman–Crippen LogP) is 4.02. The fraction of sp³-hybridized carbons (Fsp3) is 0.250. The molecule has 0 aliphatic rings. The van der Waals surface area contributed by atoms with E-state index in [2.05, 4.69) is 5.32 Å². The van der Waals surface area contributed by atoms with Crippen molar-refractivity contribution in [1.82, 2.24) is 4.90 Å². The highest BCUT2D eigenvalue weighted by Crippen LogP contribution is 2.30. The van der Waals surface area contributed by atoms with Crippen LogP contribution in [0.15, 0.2) is 54.6 Å². The van der Waals surface area contributed by atoms with E-state index in [1.165, 1.54) is 0 Å². The molecule has 2 aromatic carbocycles. The number of nitriles is 1. The van der Waals surface area contributed by atoms with Crippen LogP contribution in [-0.4, -0.2) is 27.5 Å². The molecule has 134 valence electrons. The quantitative estimate of drug-likeness (QED) is 0.870. The zero-order chi connectivity index (χ0) is 19.3. The molecule has 0 aliphatic heterocycles. The van der Waals surface area contributed by atoms with Gasteiger partial charge >= 0.3 is 6.09 Å². The number of para-hydroxylation sites is 1. The van der Waals surface area contributed by atoms with Crippen molar-refractivity contribution in [2.45, 2.75) is 32.4 Å². The molecule has 0 fully saturated rings. The summed E-state index contributed by atoms with van der Waals surface area (Å²) in [5, 5.41) is 21.7. The Morgan fingerprint density at radius 1 is 1.08 bits per heavy atom. The van der Waals surface area contributed by atoms with Gasteiger partial charge in [-0.05, 0) is 38.5 Å². The zero-order valence-electron chi connectivity index (χ0n) is 14.9. The van der Waals surface area contributed by atoms with Gasteiger partial charge in [0.1, 0.15) is 12.1 Å². The molecular formula is C20H21N3O3. The molecule has 6 nitrogen and oxygen atoms in total. The fourth-order valence-corrected chi connectivity index (χ4v) is 2.73. The number of rotatable bonds is 4. The Morgan fingerprint density at radius 2 is 1.65 bits per heavy atom. The third-order valence-corrected chi connectivity index (χ3v) is 3.86. The first-order chi connectivity index (χ1) is 12.3. The number of anilines is 1. The van der Waals surface area contributed by atoms with E-state index in [0.29, 0.717) is 16.8 Å². The van der Waals surface area contributed by atoms with Crippen LogP contribution in [0.2, 0.25) is 0 Å². The highest BCUT2D eigenvalue weighted by Gasteiger charge is 2.38. The summed E-state index contributed by atoms with van der Waals surface area (Å²) in [6.07, 6.45) is -1.20. The Labute approximate surface area is 152 Å². The highest BCUT2D eigenvalue weighted by atomic mass is 16.4. The second-order valence-corrected chi connectivity index (χ2v) is 6.78. The fourth-order valence-electron chi connectivity index (χ4n) is 2.73. The monoisotopic (exact) mass is 351 g/mol. The lowest BCUT2D eigenvalue weighted by molar-refractivity contribution is -0.122. The number of benzene rings is 2. The minimum atomic E-state index is -1.20. The molecular weight excluding hydrogens is 330 g/mol. The highest BCUT2D eigenvalue weighted by molar-refractivity contribution is 5.98. The Hall–Kier alpha value is -3.33. The summed E-state index contributed by atoms with van der Waals surface area (Å²) in [7, 11) is 0. The van der Waals surface area contributed by atoms with E-state index in [4.69, 9.17) is 0 Å². The molecule has 0 saturated heterocycles.